The number of Topliss-reactive ketones (excluding diaryl/α,β-unsaturated/α-hetero) is 1. The number of ketones is 1. The van der Waals surface area contributed by atoms with Gasteiger partial charge in [-0.1, -0.05) is 72.3 Å². The number of carbonyl (C=O) groups excluding carboxylic acids is 1. The third-order valence-electron chi connectivity index (χ3n) is 11.2. The Morgan fingerprint density at radius 3 is 2.63 bits per heavy atom. The molecule has 2 aromatic rings. The summed E-state index contributed by atoms with van der Waals surface area (Å²) in [6.07, 6.45) is 5.05. The Hall–Kier alpha value is -3.28. The molecular weight excluding hydrogens is 725 g/mol. The van der Waals surface area contributed by atoms with Gasteiger partial charge in [-0.15, -0.1) is 0 Å². The molecule has 0 aromatic heterocycles. The van der Waals surface area contributed by atoms with Gasteiger partial charge in [0.25, 0.3) is 0 Å². The Labute approximate surface area is 327 Å². The first-order valence-electron chi connectivity index (χ1n) is 19.4. The molecule has 7 N–H and O–H groups in total. The van der Waals surface area contributed by atoms with E-state index in [0.29, 0.717) is 67.2 Å². The average Bonchev–Trinajstić information content (AvgIpc) is 3.67. The fourth-order valence-corrected chi connectivity index (χ4v) is 10.7. The molecule has 5 atom stereocenters. The number of phenolic OH excluding ortho intramolecular Hbond substituents is 1. The maximum absolute atomic E-state index is 13.1. The molecular formula is C41H56N4O7S2. The summed E-state index contributed by atoms with van der Waals surface area (Å²) in [5.74, 6) is 9.93. The van der Waals surface area contributed by atoms with Gasteiger partial charge in [-0.3, -0.25) is 15.1 Å². The predicted molar refractivity (Wildman–Crippen MR) is 215 cm³/mol. The third kappa shape index (κ3) is 10.1. The number of rotatable bonds is 7. The summed E-state index contributed by atoms with van der Waals surface area (Å²) in [5.41, 5.74) is 10.4. The molecule has 2 aliphatic carbocycles. The number of nitrogens with one attached hydrogen (secondary N) is 2. The van der Waals surface area contributed by atoms with E-state index in [9.17, 15) is 20.1 Å². The second-order valence-corrected chi connectivity index (χ2v) is 17.9. The molecule has 2 bridgehead atoms. The summed E-state index contributed by atoms with van der Waals surface area (Å²) in [7, 11) is 5.08. The van der Waals surface area contributed by atoms with Gasteiger partial charge in [0.05, 0.1) is 18.8 Å². The van der Waals surface area contributed by atoms with Gasteiger partial charge in [-0.25, -0.2) is 0 Å². The highest BCUT2D eigenvalue weighted by Crippen LogP contribution is 2.46. The number of phenols is 1. The lowest BCUT2D eigenvalue weighted by atomic mass is 9.81. The number of aryl methyl sites for hydroxylation is 2. The van der Waals surface area contributed by atoms with Crippen LogP contribution in [0, 0.1) is 29.6 Å². The number of nitrogens with two attached hydrogens (primary N) is 1. The van der Waals surface area contributed by atoms with Crippen molar-refractivity contribution in [3.63, 3.8) is 0 Å². The Balaban J connectivity index is 1.38. The normalized spacial score (nSPS) is 25.7. The monoisotopic (exact) mass is 780 g/mol. The maximum Gasteiger partial charge on any atom is 0.201 e. The number of aliphatic imine (C=N–C) groups is 1. The fraction of sp³-hybridized carbons (Fsp3) is 0.610. The number of nitrogens with zero attached hydrogens (tertiary/aromatic N) is 1. The van der Waals surface area contributed by atoms with Gasteiger partial charge < -0.3 is 40.6 Å². The number of ether oxygens (including phenoxy) is 3. The molecule has 294 valence electrons. The van der Waals surface area contributed by atoms with Crippen molar-refractivity contribution in [3.8, 4) is 34.8 Å². The van der Waals surface area contributed by atoms with E-state index in [4.69, 9.17) is 24.9 Å². The highest BCUT2D eigenvalue weighted by atomic mass is 33.1. The molecule has 0 spiro atoms. The molecule has 4 aliphatic rings. The van der Waals surface area contributed by atoms with E-state index >= 15 is 0 Å². The number of carbonyl (C=O) groups is 1. The van der Waals surface area contributed by atoms with Crippen molar-refractivity contribution >= 4 is 33.3 Å². The molecule has 2 heterocycles. The maximum atomic E-state index is 13.1. The van der Waals surface area contributed by atoms with Gasteiger partial charge in [-0.05, 0) is 67.6 Å². The lowest BCUT2D eigenvalue weighted by Crippen LogP contribution is -2.45. The molecule has 0 saturated heterocycles. The van der Waals surface area contributed by atoms with Gasteiger partial charge in [0.1, 0.15) is 12.5 Å². The van der Waals surface area contributed by atoms with E-state index in [-0.39, 0.29) is 61.2 Å². The first-order chi connectivity index (χ1) is 26.1. The number of aromatic hydroxyl groups is 1. The quantitative estimate of drug-likeness (QED) is 0.128. The first-order valence-corrected chi connectivity index (χ1v) is 21.9. The highest BCUT2D eigenvalue weighted by molar-refractivity contribution is 8.76. The lowest BCUT2D eigenvalue weighted by Gasteiger charge is -2.37. The summed E-state index contributed by atoms with van der Waals surface area (Å²) in [6, 6.07) is 6.02. The highest BCUT2D eigenvalue weighted by Gasteiger charge is 2.38. The summed E-state index contributed by atoms with van der Waals surface area (Å²) >= 11 is 0. The first kappa shape index (κ1) is 40.4. The third-order valence-corrected chi connectivity index (χ3v) is 13.7. The van der Waals surface area contributed by atoms with Crippen molar-refractivity contribution < 1.29 is 34.3 Å². The van der Waals surface area contributed by atoms with Crippen LogP contribution in [-0.2, 0) is 30.5 Å². The number of hydrogen-bond acceptors (Lipinski definition) is 13. The van der Waals surface area contributed by atoms with E-state index in [0.717, 1.165) is 46.6 Å². The molecule has 1 fully saturated rings. The zero-order chi connectivity index (χ0) is 38.2. The van der Waals surface area contributed by atoms with Gasteiger partial charge in [0, 0.05) is 66.4 Å². The lowest BCUT2D eigenvalue weighted by molar-refractivity contribution is -0.121. The van der Waals surface area contributed by atoms with Gasteiger partial charge in [0.2, 0.25) is 6.29 Å². The van der Waals surface area contributed by atoms with Gasteiger partial charge in [-0.2, -0.15) is 0 Å². The predicted octanol–water partition coefficient (Wildman–Crippen LogP) is 4.87. The number of benzene rings is 2. The molecule has 2 aromatic carbocycles. The Bertz CT molecular complexity index is 1720. The van der Waals surface area contributed by atoms with Crippen LogP contribution in [0.1, 0.15) is 86.6 Å². The van der Waals surface area contributed by atoms with Crippen LogP contribution >= 0.6 is 21.6 Å². The van der Waals surface area contributed by atoms with Crippen LogP contribution in [0.2, 0.25) is 0 Å². The van der Waals surface area contributed by atoms with Crippen LogP contribution in [-0.4, -0.2) is 83.4 Å². The molecule has 2 aliphatic heterocycles. The molecule has 54 heavy (non-hydrogen) atoms. The molecule has 0 unspecified atom stereocenters. The number of aliphatic hydroxyl groups is 2. The Morgan fingerprint density at radius 2 is 1.85 bits per heavy atom. The molecule has 0 radical (unpaired) electrons. The van der Waals surface area contributed by atoms with Crippen LogP contribution in [0.15, 0.2) is 23.2 Å². The van der Waals surface area contributed by atoms with E-state index in [2.05, 4.69) is 42.4 Å². The van der Waals surface area contributed by atoms with Crippen molar-refractivity contribution in [2.24, 2.45) is 28.5 Å². The largest absolute Gasteiger partial charge is 0.504 e. The van der Waals surface area contributed by atoms with Crippen LogP contribution in [0.25, 0.3) is 0 Å². The van der Waals surface area contributed by atoms with Crippen LogP contribution in [0.4, 0.5) is 0 Å². The standard InChI is InChI=1S/C41H56N4O7S2/c1-24(2)35-22-54-53-21-28(20-43-41(42)45-35)34-19-33-26-12-15-31(47)18-30(46)14-11-25-13-16-36(48)38(50-3)32(25)10-6-7-27(17-26)37(39(33)52-40(34)49)51-23-44-29-8-4-5-9-29/h13,16-17,24,28-29,31,34-35,40,44,47-49H,4-5,7-9,11-12,14-15,18-23H2,1-3H3,(H3,42,43,45)/t28-,31-,34-,35-,40+/m1/s1. The number of fused-ring (bicyclic) bond motifs is 5. The second-order valence-electron chi connectivity index (χ2n) is 15.3. The molecule has 6 rings (SSSR count). The molecule has 1 saturated carbocycles. The van der Waals surface area contributed by atoms with Crippen molar-refractivity contribution in [3.05, 3.63) is 46.0 Å². The summed E-state index contributed by atoms with van der Waals surface area (Å²) in [6.45, 7) is 5.06. The zero-order valence-electron chi connectivity index (χ0n) is 31.7. The number of hydrogen-bond donors (Lipinski definition) is 6. The minimum Gasteiger partial charge on any atom is -0.504 e. The van der Waals surface area contributed by atoms with E-state index in [1.165, 1.54) is 20.0 Å². The second kappa shape index (κ2) is 19.0. The number of guanidine groups is 1. The van der Waals surface area contributed by atoms with Crippen molar-refractivity contribution in [1.82, 2.24) is 10.6 Å². The van der Waals surface area contributed by atoms with E-state index < -0.39 is 12.4 Å². The SMILES string of the molecule is COc1c(O)ccc2c1C#CCc1cc(c3c(c1OCNC1CCCC1)O[C@H](O)[C@@H]([C@@H]1CN=C(N)N[C@@H](C(C)C)CSSC1)C3)CC[C@@H](O)CC(=O)CC2. The topological polar surface area (TPSA) is 168 Å². The smallest absolute Gasteiger partial charge is 0.201 e. The number of methoxy groups -OCH3 is 1. The molecule has 11 nitrogen and oxygen atoms in total. The molecule has 13 heteroatoms. The van der Waals surface area contributed by atoms with Gasteiger partial charge >= 0.3 is 0 Å². The van der Waals surface area contributed by atoms with E-state index in [1.807, 2.05) is 0 Å². The summed E-state index contributed by atoms with van der Waals surface area (Å²) < 4.78 is 18.6. The summed E-state index contributed by atoms with van der Waals surface area (Å²) in [4.78, 5) is 17.8. The fourth-order valence-electron chi connectivity index (χ4n) is 7.83. The Morgan fingerprint density at radius 1 is 1.06 bits per heavy atom. The van der Waals surface area contributed by atoms with Crippen molar-refractivity contribution in [2.45, 2.75) is 109 Å². The van der Waals surface area contributed by atoms with E-state index in [1.54, 1.807) is 33.7 Å². The minimum absolute atomic E-state index is 0.0234. The van der Waals surface area contributed by atoms with Crippen molar-refractivity contribution in [2.75, 3.05) is 31.9 Å². The Kier molecular flexibility index (Phi) is 14.2. The summed E-state index contributed by atoms with van der Waals surface area (Å²) in [5, 5.41) is 40.4. The van der Waals surface area contributed by atoms with Crippen molar-refractivity contribution in [1.29, 1.82) is 0 Å². The zero-order valence-corrected chi connectivity index (χ0v) is 33.3. The number of aliphatic hydroxyl groups excluding tert-OH is 2. The molecule has 0 amide bonds. The average molecular weight is 781 g/mol. The van der Waals surface area contributed by atoms with Crippen LogP contribution < -0.4 is 30.6 Å². The van der Waals surface area contributed by atoms with Gasteiger partial charge in [0.15, 0.2) is 29.0 Å². The van der Waals surface area contributed by atoms with Crippen LogP contribution in [0.5, 0.6) is 23.0 Å². The van der Waals surface area contributed by atoms with Crippen LogP contribution in [0.3, 0.4) is 0 Å². The minimum atomic E-state index is -1.11.